The van der Waals surface area contributed by atoms with Gasteiger partial charge < -0.3 is 15.5 Å². The van der Waals surface area contributed by atoms with Gasteiger partial charge in [-0.1, -0.05) is 6.92 Å². The van der Waals surface area contributed by atoms with E-state index >= 15 is 0 Å². The van der Waals surface area contributed by atoms with Crippen LogP contribution >= 0.6 is 0 Å². The normalized spacial score (nSPS) is 24.4. The van der Waals surface area contributed by atoms with E-state index in [2.05, 4.69) is 10.6 Å². The van der Waals surface area contributed by atoms with E-state index in [1.165, 1.54) is 12.8 Å². The van der Waals surface area contributed by atoms with Crippen LogP contribution in [0.3, 0.4) is 0 Å². The Bertz CT molecular complexity index is 332. The molecular weight excluding hydrogens is 254 g/mol. The van der Waals surface area contributed by atoms with E-state index in [1.807, 2.05) is 11.8 Å². The van der Waals surface area contributed by atoms with Crippen LogP contribution in [0.5, 0.6) is 0 Å². The van der Waals surface area contributed by atoms with Gasteiger partial charge in [0.05, 0.1) is 0 Å². The molecule has 0 saturated carbocycles. The minimum absolute atomic E-state index is 0.114. The summed E-state index contributed by atoms with van der Waals surface area (Å²) < 4.78 is 0. The molecule has 20 heavy (non-hydrogen) atoms. The first kappa shape index (κ1) is 15.3. The van der Waals surface area contributed by atoms with Gasteiger partial charge >= 0.3 is 0 Å². The number of piperidine rings is 2. The van der Waals surface area contributed by atoms with Crippen molar-refractivity contribution in [2.75, 3.05) is 26.2 Å². The first-order valence-corrected chi connectivity index (χ1v) is 7.97. The van der Waals surface area contributed by atoms with Crippen molar-refractivity contribution >= 4 is 11.8 Å². The number of hydrogen-bond acceptors (Lipinski definition) is 3. The molecule has 2 aliphatic heterocycles. The van der Waals surface area contributed by atoms with Gasteiger partial charge in [-0.25, -0.2) is 0 Å². The zero-order valence-corrected chi connectivity index (χ0v) is 12.5. The molecule has 1 atom stereocenters. The summed E-state index contributed by atoms with van der Waals surface area (Å²) in [5, 5.41) is 6.38. The lowest BCUT2D eigenvalue weighted by Crippen LogP contribution is -2.47. The Morgan fingerprint density at radius 1 is 1.25 bits per heavy atom. The van der Waals surface area contributed by atoms with E-state index in [1.54, 1.807) is 0 Å². The summed E-state index contributed by atoms with van der Waals surface area (Å²) in [5.74, 6) is 0.913. The summed E-state index contributed by atoms with van der Waals surface area (Å²) in [6, 6.07) is 0.253. The van der Waals surface area contributed by atoms with Crippen molar-refractivity contribution in [2.24, 2.45) is 5.92 Å². The summed E-state index contributed by atoms with van der Waals surface area (Å²) in [4.78, 5) is 25.6. The van der Waals surface area contributed by atoms with Crippen LogP contribution in [-0.4, -0.2) is 48.9 Å². The summed E-state index contributed by atoms with van der Waals surface area (Å²) >= 11 is 0. The Kier molecular flexibility index (Phi) is 5.83. The fraction of sp³-hybridized carbons (Fsp3) is 0.867. The molecule has 5 nitrogen and oxygen atoms in total. The van der Waals surface area contributed by atoms with Crippen LogP contribution in [0.2, 0.25) is 0 Å². The zero-order chi connectivity index (χ0) is 14.4. The third kappa shape index (κ3) is 4.47. The second kappa shape index (κ2) is 7.62. The maximum absolute atomic E-state index is 12.3. The van der Waals surface area contributed by atoms with Crippen molar-refractivity contribution in [3.8, 4) is 0 Å². The third-order valence-electron chi connectivity index (χ3n) is 4.40. The first-order chi connectivity index (χ1) is 9.69. The van der Waals surface area contributed by atoms with Crippen LogP contribution in [0.4, 0.5) is 0 Å². The number of amides is 2. The fourth-order valence-electron chi connectivity index (χ4n) is 3.08. The molecule has 5 heteroatoms. The van der Waals surface area contributed by atoms with Crippen LogP contribution < -0.4 is 10.6 Å². The van der Waals surface area contributed by atoms with Crippen LogP contribution in [0.15, 0.2) is 0 Å². The highest BCUT2D eigenvalue weighted by atomic mass is 16.2. The van der Waals surface area contributed by atoms with Crippen molar-refractivity contribution in [1.82, 2.24) is 15.5 Å². The maximum Gasteiger partial charge on any atom is 0.222 e. The molecule has 2 aliphatic rings. The zero-order valence-electron chi connectivity index (χ0n) is 12.5. The maximum atomic E-state index is 12.3. The van der Waals surface area contributed by atoms with Crippen molar-refractivity contribution in [1.29, 1.82) is 0 Å². The molecule has 0 bridgehead atoms. The highest BCUT2D eigenvalue weighted by molar-refractivity contribution is 5.77. The summed E-state index contributed by atoms with van der Waals surface area (Å²) in [6.07, 6.45) is 5.35. The van der Waals surface area contributed by atoms with Gasteiger partial charge in [-0.3, -0.25) is 9.59 Å². The Labute approximate surface area is 121 Å². The quantitative estimate of drug-likeness (QED) is 0.804. The lowest BCUT2D eigenvalue weighted by atomic mass is 9.95. The predicted octanol–water partition coefficient (Wildman–Crippen LogP) is 0.893. The molecule has 114 valence electrons. The summed E-state index contributed by atoms with van der Waals surface area (Å²) in [7, 11) is 0. The Morgan fingerprint density at radius 2 is 2.00 bits per heavy atom. The molecule has 2 heterocycles. The van der Waals surface area contributed by atoms with Gasteiger partial charge in [0.25, 0.3) is 0 Å². The van der Waals surface area contributed by atoms with E-state index < -0.39 is 0 Å². The molecular formula is C15H27N3O2. The first-order valence-electron chi connectivity index (χ1n) is 7.97. The Morgan fingerprint density at radius 3 is 2.60 bits per heavy atom. The minimum atomic E-state index is 0.114. The lowest BCUT2D eigenvalue weighted by molar-refractivity contribution is -0.133. The molecule has 2 fully saturated rings. The fourth-order valence-corrected chi connectivity index (χ4v) is 3.08. The molecule has 0 aromatic carbocycles. The number of nitrogens with one attached hydrogen (secondary N) is 2. The number of likely N-dealkylation sites (tertiary alicyclic amines) is 1. The van der Waals surface area contributed by atoms with Gasteiger partial charge in [0, 0.05) is 32.0 Å². The SMILES string of the molecule is CCC(=O)NC1CCN(C(=O)CC2CCCNC2)CC1. The van der Waals surface area contributed by atoms with E-state index in [0.29, 0.717) is 24.7 Å². The van der Waals surface area contributed by atoms with Crippen LogP contribution in [0.25, 0.3) is 0 Å². The van der Waals surface area contributed by atoms with Crippen molar-refractivity contribution in [3.05, 3.63) is 0 Å². The van der Waals surface area contributed by atoms with Gasteiger partial charge in [0.15, 0.2) is 0 Å². The third-order valence-corrected chi connectivity index (χ3v) is 4.40. The van der Waals surface area contributed by atoms with E-state index in [9.17, 15) is 9.59 Å². The highest BCUT2D eigenvalue weighted by Crippen LogP contribution is 2.18. The molecule has 0 spiro atoms. The number of nitrogens with zero attached hydrogens (tertiary/aromatic N) is 1. The van der Waals surface area contributed by atoms with Gasteiger partial charge in [-0.15, -0.1) is 0 Å². The van der Waals surface area contributed by atoms with E-state index in [-0.39, 0.29) is 11.9 Å². The Hall–Kier alpha value is -1.10. The van der Waals surface area contributed by atoms with E-state index in [4.69, 9.17) is 0 Å². The molecule has 0 aromatic rings. The Balaban J connectivity index is 1.69. The van der Waals surface area contributed by atoms with Gasteiger partial charge in [0.2, 0.25) is 11.8 Å². The summed E-state index contributed by atoms with van der Waals surface area (Å²) in [6.45, 7) is 5.51. The molecule has 1 unspecified atom stereocenters. The van der Waals surface area contributed by atoms with E-state index in [0.717, 1.165) is 39.0 Å². The van der Waals surface area contributed by atoms with Gasteiger partial charge in [-0.05, 0) is 44.7 Å². The lowest BCUT2D eigenvalue weighted by Gasteiger charge is -2.33. The molecule has 0 radical (unpaired) electrons. The topological polar surface area (TPSA) is 61.4 Å². The molecule has 2 N–H and O–H groups in total. The van der Waals surface area contributed by atoms with Gasteiger partial charge in [-0.2, -0.15) is 0 Å². The number of carbonyl (C=O) groups is 2. The number of rotatable bonds is 4. The minimum Gasteiger partial charge on any atom is -0.353 e. The smallest absolute Gasteiger partial charge is 0.222 e. The summed E-state index contributed by atoms with van der Waals surface area (Å²) in [5.41, 5.74) is 0. The van der Waals surface area contributed by atoms with Gasteiger partial charge in [0.1, 0.15) is 0 Å². The van der Waals surface area contributed by atoms with Crippen molar-refractivity contribution in [3.63, 3.8) is 0 Å². The predicted molar refractivity (Wildman–Crippen MR) is 78.2 cm³/mol. The molecule has 0 aromatic heterocycles. The largest absolute Gasteiger partial charge is 0.353 e. The standard InChI is InChI=1S/C15H27N3O2/c1-2-14(19)17-13-5-8-18(9-6-13)15(20)10-12-4-3-7-16-11-12/h12-13,16H,2-11H2,1H3,(H,17,19). The molecule has 0 aliphatic carbocycles. The van der Waals surface area contributed by atoms with Crippen molar-refractivity contribution < 1.29 is 9.59 Å². The number of hydrogen-bond donors (Lipinski definition) is 2. The average Bonchev–Trinajstić information content (AvgIpc) is 2.49. The second-order valence-electron chi connectivity index (χ2n) is 5.99. The monoisotopic (exact) mass is 281 g/mol. The van der Waals surface area contributed by atoms with Crippen LogP contribution in [0.1, 0.15) is 45.4 Å². The second-order valence-corrected chi connectivity index (χ2v) is 5.99. The van der Waals surface area contributed by atoms with Crippen LogP contribution in [0, 0.1) is 5.92 Å². The molecule has 2 rings (SSSR count). The average molecular weight is 281 g/mol. The molecule has 2 saturated heterocycles. The number of carbonyl (C=O) groups excluding carboxylic acids is 2. The van der Waals surface area contributed by atoms with Crippen LogP contribution in [-0.2, 0) is 9.59 Å². The van der Waals surface area contributed by atoms with Crippen molar-refractivity contribution in [2.45, 2.75) is 51.5 Å². The molecule has 2 amide bonds. The highest BCUT2D eigenvalue weighted by Gasteiger charge is 2.25.